The number of amides is 1. The van der Waals surface area contributed by atoms with Gasteiger partial charge in [0.25, 0.3) is 5.91 Å². The molecule has 0 aromatic carbocycles. The van der Waals surface area contributed by atoms with Crippen molar-refractivity contribution in [2.45, 2.75) is 20.4 Å². The Labute approximate surface area is 159 Å². The van der Waals surface area contributed by atoms with Gasteiger partial charge in [-0.2, -0.15) is 0 Å². The first-order valence-electron chi connectivity index (χ1n) is 8.43. The maximum absolute atomic E-state index is 12.8. The predicted octanol–water partition coefficient (Wildman–Crippen LogP) is 0.0548. The van der Waals surface area contributed by atoms with Crippen LogP contribution in [0, 0.1) is 13.8 Å². The summed E-state index contributed by atoms with van der Waals surface area (Å²) in [5.74, 6) is -2.43. The summed E-state index contributed by atoms with van der Waals surface area (Å²) in [6.07, 6.45) is 1.05. The van der Waals surface area contributed by atoms with E-state index in [1.807, 2.05) is 0 Å². The number of hydrogen-bond acceptors (Lipinski definition) is 8. The van der Waals surface area contributed by atoms with Crippen LogP contribution in [0.5, 0.6) is 5.75 Å². The Kier molecular flexibility index (Phi) is 5.10. The molecule has 11 nitrogen and oxygen atoms in total. The van der Waals surface area contributed by atoms with Crippen LogP contribution in [0.15, 0.2) is 15.5 Å². The van der Waals surface area contributed by atoms with Gasteiger partial charge in [0, 0.05) is 25.4 Å². The summed E-state index contributed by atoms with van der Waals surface area (Å²) in [6.45, 7) is 4.27. The number of carbonyl (C=O) groups is 2. The second-order valence-electron chi connectivity index (χ2n) is 6.39. The average Bonchev–Trinajstić information content (AvgIpc) is 2.96. The topological polar surface area (TPSA) is 138 Å². The third-order valence-corrected chi connectivity index (χ3v) is 4.61. The lowest BCUT2D eigenvalue weighted by Gasteiger charge is -2.39. The Balaban J connectivity index is 2.14. The van der Waals surface area contributed by atoms with Gasteiger partial charge >= 0.3 is 5.97 Å². The van der Waals surface area contributed by atoms with Gasteiger partial charge in [0.05, 0.1) is 18.8 Å². The van der Waals surface area contributed by atoms with Crippen LogP contribution in [-0.4, -0.2) is 63.8 Å². The highest BCUT2D eigenvalue weighted by atomic mass is 16.5. The summed E-state index contributed by atoms with van der Waals surface area (Å²) < 4.78 is 11.4. The molecule has 0 fully saturated rings. The van der Waals surface area contributed by atoms with Crippen molar-refractivity contribution >= 4 is 11.9 Å². The van der Waals surface area contributed by atoms with Gasteiger partial charge in [-0.25, -0.2) is 4.79 Å². The zero-order valence-electron chi connectivity index (χ0n) is 15.6. The molecular weight excluding hydrogens is 372 g/mol. The van der Waals surface area contributed by atoms with Crippen molar-refractivity contribution in [3.63, 3.8) is 0 Å². The SMILES string of the molecule is COCCN1CN(Cc2c(C)noc2C)n2cc(C(=O)O)c(=O)c(O)c2C1=O. The minimum atomic E-state index is -1.50. The molecule has 1 aliphatic heterocycles. The van der Waals surface area contributed by atoms with Crippen LogP contribution in [0.2, 0.25) is 0 Å². The van der Waals surface area contributed by atoms with Crippen LogP contribution in [0.25, 0.3) is 0 Å². The van der Waals surface area contributed by atoms with Crippen molar-refractivity contribution in [3.05, 3.63) is 44.7 Å². The molecule has 2 aromatic heterocycles. The predicted molar refractivity (Wildman–Crippen MR) is 95.0 cm³/mol. The van der Waals surface area contributed by atoms with Crippen molar-refractivity contribution in [2.24, 2.45) is 0 Å². The fourth-order valence-electron chi connectivity index (χ4n) is 3.05. The van der Waals surface area contributed by atoms with E-state index in [1.54, 1.807) is 18.9 Å². The first kappa shape index (κ1) is 19.4. The molecule has 150 valence electrons. The molecule has 0 atom stereocenters. The highest BCUT2D eigenvalue weighted by Gasteiger charge is 2.34. The number of hydrogen-bond donors (Lipinski definition) is 2. The highest BCUT2D eigenvalue weighted by molar-refractivity contribution is 5.97. The molecular formula is C17H20N4O7. The van der Waals surface area contributed by atoms with Crippen molar-refractivity contribution in [1.82, 2.24) is 14.7 Å². The first-order valence-corrected chi connectivity index (χ1v) is 8.43. The number of aryl methyl sites for hydroxylation is 2. The maximum atomic E-state index is 12.8. The van der Waals surface area contributed by atoms with Crippen molar-refractivity contribution in [2.75, 3.05) is 31.9 Å². The van der Waals surface area contributed by atoms with Gasteiger partial charge in [0.1, 0.15) is 18.0 Å². The molecule has 0 spiro atoms. The van der Waals surface area contributed by atoms with E-state index < -0.39 is 28.6 Å². The van der Waals surface area contributed by atoms with E-state index in [0.717, 1.165) is 11.8 Å². The Morgan fingerprint density at radius 1 is 1.36 bits per heavy atom. The van der Waals surface area contributed by atoms with Crippen LogP contribution < -0.4 is 10.4 Å². The van der Waals surface area contributed by atoms with Crippen LogP contribution in [0.3, 0.4) is 0 Å². The molecule has 0 saturated carbocycles. The van der Waals surface area contributed by atoms with Crippen molar-refractivity contribution in [3.8, 4) is 5.75 Å². The van der Waals surface area contributed by atoms with Crippen LogP contribution in [0.1, 0.15) is 37.9 Å². The number of pyridine rings is 1. The Hall–Kier alpha value is -3.34. The smallest absolute Gasteiger partial charge is 0.341 e. The van der Waals surface area contributed by atoms with Gasteiger partial charge in [-0.3, -0.25) is 19.3 Å². The summed E-state index contributed by atoms with van der Waals surface area (Å²) in [5.41, 5.74) is -0.657. The summed E-state index contributed by atoms with van der Waals surface area (Å²) in [5, 5.41) is 25.1. The van der Waals surface area contributed by atoms with E-state index in [0.29, 0.717) is 11.5 Å². The number of nitrogens with zero attached hydrogens (tertiary/aromatic N) is 4. The Morgan fingerprint density at radius 3 is 2.64 bits per heavy atom. The fraction of sp³-hybridized carbons (Fsp3) is 0.412. The van der Waals surface area contributed by atoms with E-state index in [2.05, 4.69) is 5.16 Å². The molecule has 11 heteroatoms. The van der Waals surface area contributed by atoms with E-state index >= 15 is 0 Å². The third-order valence-electron chi connectivity index (χ3n) is 4.61. The number of aromatic hydroxyl groups is 1. The van der Waals surface area contributed by atoms with E-state index in [4.69, 9.17) is 9.26 Å². The van der Waals surface area contributed by atoms with Crippen molar-refractivity contribution in [1.29, 1.82) is 0 Å². The van der Waals surface area contributed by atoms with Crippen LogP contribution >= 0.6 is 0 Å². The van der Waals surface area contributed by atoms with Gasteiger partial charge in [-0.15, -0.1) is 0 Å². The number of carbonyl (C=O) groups excluding carboxylic acids is 1. The molecule has 1 aliphatic rings. The number of carboxylic acid groups (broad SMARTS) is 1. The second-order valence-corrected chi connectivity index (χ2v) is 6.39. The number of aromatic nitrogens is 2. The molecule has 0 radical (unpaired) electrons. The minimum absolute atomic E-state index is 0.0840. The number of methoxy groups -OCH3 is 1. The van der Waals surface area contributed by atoms with Gasteiger partial charge in [-0.1, -0.05) is 5.16 Å². The molecule has 0 aliphatic carbocycles. The van der Waals surface area contributed by atoms with Gasteiger partial charge < -0.3 is 24.4 Å². The molecule has 0 bridgehead atoms. The van der Waals surface area contributed by atoms with E-state index in [9.17, 15) is 24.6 Å². The summed E-state index contributed by atoms with van der Waals surface area (Å²) >= 11 is 0. The zero-order valence-corrected chi connectivity index (χ0v) is 15.6. The minimum Gasteiger partial charge on any atom is -0.502 e. The van der Waals surface area contributed by atoms with Gasteiger partial charge in [0.15, 0.2) is 11.4 Å². The Bertz CT molecular complexity index is 975. The van der Waals surface area contributed by atoms with Crippen LogP contribution in [0.4, 0.5) is 0 Å². The molecule has 2 aromatic rings. The molecule has 3 rings (SSSR count). The molecule has 0 unspecified atom stereocenters. The highest BCUT2D eigenvalue weighted by Crippen LogP contribution is 2.24. The normalized spacial score (nSPS) is 13.8. The number of rotatable bonds is 6. The molecule has 2 N–H and O–H groups in total. The maximum Gasteiger partial charge on any atom is 0.341 e. The average molecular weight is 392 g/mol. The van der Waals surface area contributed by atoms with Crippen molar-refractivity contribution < 1.29 is 29.1 Å². The lowest BCUT2D eigenvalue weighted by atomic mass is 10.1. The quantitative estimate of drug-likeness (QED) is 0.698. The lowest BCUT2D eigenvalue weighted by Crippen LogP contribution is -2.54. The largest absolute Gasteiger partial charge is 0.502 e. The van der Waals surface area contributed by atoms with E-state index in [1.165, 1.54) is 16.7 Å². The standard InChI is InChI=1S/C17H20N4O7/c1-9-11(10(2)28-18-9)6-20-8-19(4-5-27-3)16(24)13-15(23)14(22)12(17(25)26)7-21(13)20/h7,23H,4-6,8H2,1-3H3,(H,25,26). The second kappa shape index (κ2) is 7.35. The summed E-state index contributed by atoms with van der Waals surface area (Å²) in [4.78, 5) is 37.8. The number of aromatic carboxylic acids is 1. The van der Waals surface area contributed by atoms with Gasteiger partial charge in [-0.05, 0) is 13.8 Å². The van der Waals surface area contributed by atoms with E-state index in [-0.39, 0.29) is 32.1 Å². The fourth-order valence-corrected chi connectivity index (χ4v) is 3.05. The first-order chi connectivity index (χ1) is 13.3. The number of ether oxygens (including phenoxy) is 1. The molecule has 0 saturated heterocycles. The molecule has 3 heterocycles. The van der Waals surface area contributed by atoms with Gasteiger partial charge in [0.2, 0.25) is 5.43 Å². The zero-order chi connectivity index (χ0) is 20.6. The monoisotopic (exact) mass is 392 g/mol. The third kappa shape index (κ3) is 3.20. The summed E-state index contributed by atoms with van der Waals surface area (Å²) in [6, 6.07) is 0. The molecule has 28 heavy (non-hydrogen) atoms. The summed E-state index contributed by atoms with van der Waals surface area (Å²) in [7, 11) is 1.49. The number of carboxylic acids is 1. The molecule has 1 amide bonds. The van der Waals surface area contributed by atoms with Crippen LogP contribution in [-0.2, 0) is 11.3 Å². The number of fused-ring (bicyclic) bond motifs is 1. The lowest BCUT2D eigenvalue weighted by molar-refractivity contribution is 0.0613. The Morgan fingerprint density at radius 2 is 2.07 bits per heavy atom.